The topological polar surface area (TPSA) is 75.7 Å². The lowest BCUT2D eigenvalue weighted by Crippen LogP contribution is -2.50. The number of benzene rings is 1. The normalized spacial score (nSPS) is 15.3. The van der Waals surface area contributed by atoms with E-state index in [1.165, 1.54) is 6.07 Å². The van der Waals surface area contributed by atoms with Crippen LogP contribution in [0.4, 0.5) is 43.8 Å². The molecule has 2 N–H and O–H groups in total. The van der Waals surface area contributed by atoms with E-state index in [4.69, 9.17) is 24.4 Å². The number of halogens is 6. The van der Waals surface area contributed by atoms with Crippen LogP contribution < -0.4 is 15.5 Å². The van der Waals surface area contributed by atoms with E-state index in [-0.39, 0.29) is 0 Å². The third kappa shape index (κ3) is 12.2. The second-order valence-corrected chi connectivity index (χ2v) is 14.3. The Morgan fingerprint density at radius 3 is 1.49 bits per heavy atom. The molecule has 0 amide bonds. The summed E-state index contributed by atoms with van der Waals surface area (Å²) in [5.41, 5.74) is 3.60. The van der Waals surface area contributed by atoms with Gasteiger partial charge in [-0.1, -0.05) is 12.1 Å². The number of nitrogens with one attached hydrogen (secondary N) is 2. The van der Waals surface area contributed by atoms with Crippen molar-refractivity contribution >= 4 is 52.1 Å². The van der Waals surface area contributed by atoms with Crippen LogP contribution in [-0.4, -0.2) is 92.2 Å². The number of piperazine rings is 2. The Bertz CT molecular complexity index is 1880. The van der Waals surface area contributed by atoms with Crippen molar-refractivity contribution in [3.8, 4) is 0 Å². The van der Waals surface area contributed by atoms with Gasteiger partial charge >= 0.3 is 12.4 Å². The maximum Gasteiger partial charge on any atom is 0.417 e. The molecule has 294 valence electrons. The van der Waals surface area contributed by atoms with Gasteiger partial charge in [0.15, 0.2) is 10.2 Å². The summed E-state index contributed by atoms with van der Waals surface area (Å²) in [5, 5.41) is 7.59. The largest absolute Gasteiger partial charge is 0.417 e. The Hall–Kier alpha value is -4.61. The monoisotopic (exact) mass is 803 g/mol. The first-order valence-electron chi connectivity index (χ1n) is 17.6. The number of aromatic nitrogens is 3. The van der Waals surface area contributed by atoms with Gasteiger partial charge < -0.3 is 25.3 Å². The van der Waals surface area contributed by atoms with E-state index in [1.807, 2.05) is 61.8 Å². The average molecular weight is 804 g/mol. The highest BCUT2D eigenvalue weighted by atomic mass is 32.1. The lowest BCUT2D eigenvalue weighted by atomic mass is 10.1. The van der Waals surface area contributed by atoms with E-state index in [9.17, 15) is 26.3 Å². The van der Waals surface area contributed by atoms with Gasteiger partial charge in [0.1, 0.15) is 17.5 Å². The van der Waals surface area contributed by atoms with Crippen molar-refractivity contribution in [2.45, 2.75) is 46.6 Å². The van der Waals surface area contributed by atoms with E-state index in [2.05, 4.69) is 35.4 Å². The van der Waals surface area contributed by atoms with Crippen molar-refractivity contribution in [3.05, 3.63) is 106 Å². The molecule has 0 unspecified atom stereocenters. The molecule has 0 aliphatic carbocycles. The summed E-state index contributed by atoms with van der Waals surface area (Å²) in [6.07, 6.45) is -7.79. The molecular formula is C38H43F6N9S2. The second kappa shape index (κ2) is 17.9. The molecule has 0 spiro atoms. The van der Waals surface area contributed by atoms with Crippen molar-refractivity contribution < 1.29 is 26.3 Å². The van der Waals surface area contributed by atoms with Crippen LogP contribution in [0.3, 0.4) is 0 Å². The molecule has 55 heavy (non-hydrogen) atoms. The smallest absolute Gasteiger partial charge is 0.353 e. The first-order chi connectivity index (χ1) is 25.9. The van der Waals surface area contributed by atoms with Crippen LogP contribution in [-0.2, 0) is 18.9 Å². The molecule has 5 heterocycles. The van der Waals surface area contributed by atoms with Gasteiger partial charge in [-0.25, -0.2) is 15.0 Å². The van der Waals surface area contributed by atoms with Crippen molar-refractivity contribution in [2.24, 2.45) is 0 Å². The number of rotatable bonds is 5. The van der Waals surface area contributed by atoms with Gasteiger partial charge in [0, 0.05) is 76.5 Å². The SMILES string of the molecule is Cc1cc(C)nc(NC(=S)N2CCN(Cc3ccc(C(F)(F)F)cc3)CC2)c1.Cc1cc(C)nc(NC(=S)N2CCN(c3ccc(C(F)(F)F)cn3)CC2)c1. The third-order valence-corrected chi connectivity index (χ3v) is 9.70. The van der Waals surface area contributed by atoms with E-state index >= 15 is 0 Å². The maximum atomic E-state index is 12.7. The predicted octanol–water partition coefficient (Wildman–Crippen LogP) is 7.86. The third-order valence-electron chi connectivity index (χ3n) is 8.98. The standard InChI is InChI=1S/C20H23F3N4S.C18H20F3N5S/c1-14-11-15(2)24-18(12-14)25-19(28)27-9-7-26(8-10-27)13-16-3-5-17(6-4-16)20(21,22)23;1-12-9-13(2)23-15(10-12)24-17(27)26-7-5-25(6-8-26)16-4-3-14(11-22-16)18(19,20)21/h3-6,11-12H,7-10,13H2,1-2H3,(H,24,25,28);3-4,9-11H,5-8H2,1-2H3,(H,23,24,27). The summed E-state index contributed by atoms with van der Waals surface area (Å²) in [7, 11) is 0. The Balaban J connectivity index is 0.000000211. The lowest BCUT2D eigenvalue weighted by molar-refractivity contribution is -0.138. The van der Waals surface area contributed by atoms with Crippen molar-refractivity contribution in [1.29, 1.82) is 0 Å². The average Bonchev–Trinajstić information content (AvgIpc) is 3.11. The van der Waals surface area contributed by atoms with Crippen molar-refractivity contribution in [2.75, 3.05) is 67.9 Å². The summed E-state index contributed by atoms with van der Waals surface area (Å²) in [6.45, 7) is 14.2. The fourth-order valence-electron chi connectivity index (χ4n) is 6.23. The van der Waals surface area contributed by atoms with Crippen molar-refractivity contribution in [1.82, 2.24) is 29.7 Å². The molecule has 3 aromatic heterocycles. The zero-order chi connectivity index (χ0) is 39.9. The molecule has 4 aromatic rings. The molecule has 1 aromatic carbocycles. The summed E-state index contributed by atoms with van der Waals surface area (Å²) < 4.78 is 75.9. The number of aryl methyl sites for hydroxylation is 4. The zero-order valence-corrected chi connectivity index (χ0v) is 32.6. The summed E-state index contributed by atoms with van der Waals surface area (Å²) in [6, 6.07) is 15.7. The van der Waals surface area contributed by atoms with Crippen LogP contribution in [0.2, 0.25) is 0 Å². The molecule has 2 fully saturated rings. The molecule has 0 bridgehead atoms. The van der Waals surface area contributed by atoms with Gasteiger partial charge in [-0.3, -0.25) is 4.90 Å². The van der Waals surface area contributed by atoms with Crippen LogP contribution in [0.1, 0.15) is 39.2 Å². The number of hydrogen-bond acceptors (Lipinski definition) is 7. The fraction of sp³-hybridized carbons (Fsp3) is 0.395. The summed E-state index contributed by atoms with van der Waals surface area (Å²) in [4.78, 5) is 21.1. The molecule has 6 rings (SSSR count). The van der Waals surface area contributed by atoms with Crippen LogP contribution in [0, 0.1) is 27.7 Å². The number of anilines is 3. The van der Waals surface area contributed by atoms with E-state index in [0.717, 1.165) is 84.5 Å². The Morgan fingerprint density at radius 1 is 0.618 bits per heavy atom. The molecule has 9 nitrogen and oxygen atoms in total. The van der Waals surface area contributed by atoms with Crippen molar-refractivity contribution in [3.63, 3.8) is 0 Å². The van der Waals surface area contributed by atoms with Crippen LogP contribution in [0.5, 0.6) is 0 Å². The molecule has 2 aliphatic heterocycles. The van der Waals surface area contributed by atoms with Gasteiger partial charge in [-0.2, -0.15) is 26.3 Å². The van der Waals surface area contributed by atoms with Crippen LogP contribution in [0.15, 0.2) is 66.9 Å². The highest BCUT2D eigenvalue weighted by Crippen LogP contribution is 2.30. The van der Waals surface area contributed by atoms with E-state index in [0.29, 0.717) is 54.6 Å². The van der Waals surface area contributed by atoms with Gasteiger partial charge in [-0.05, 0) is 117 Å². The Labute approximate surface area is 327 Å². The van der Waals surface area contributed by atoms with E-state index in [1.54, 1.807) is 12.1 Å². The number of pyridine rings is 3. The van der Waals surface area contributed by atoms with Gasteiger partial charge in [0.05, 0.1) is 11.1 Å². The molecule has 0 radical (unpaired) electrons. The first-order valence-corrected chi connectivity index (χ1v) is 18.4. The van der Waals surface area contributed by atoms with Crippen LogP contribution in [0.25, 0.3) is 0 Å². The number of alkyl halides is 6. The number of hydrogen-bond donors (Lipinski definition) is 2. The molecule has 17 heteroatoms. The lowest BCUT2D eigenvalue weighted by Gasteiger charge is -2.36. The minimum atomic E-state index is -4.37. The molecule has 0 saturated carbocycles. The second-order valence-electron chi connectivity index (χ2n) is 13.5. The van der Waals surface area contributed by atoms with Gasteiger partial charge in [0.2, 0.25) is 0 Å². The Kier molecular flexibility index (Phi) is 13.5. The Morgan fingerprint density at radius 2 is 1.07 bits per heavy atom. The maximum absolute atomic E-state index is 12.7. The first kappa shape index (κ1) is 41.6. The quantitative estimate of drug-likeness (QED) is 0.153. The highest BCUT2D eigenvalue weighted by molar-refractivity contribution is 7.80. The molecular weight excluding hydrogens is 761 g/mol. The van der Waals surface area contributed by atoms with E-state index < -0.39 is 23.5 Å². The minimum absolute atomic E-state index is 0.539. The highest BCUT2D eigenvalue weighted by Gasteiger charge is 2.32. The fourth-order valence-corrected chi connectivity index (χ4v) is 6.81. The molecule has 0 atom stereocenters. The summed E-state index contributed by atoms with van der Waals surface area (Å²) >= 11 is 11.0. The van der Waals surface area contributed by atoms with Crippen LogP contribution >= 0.6 is 24.4 Å². The van der Waals surface area contributed by atoms with Gasteiger partial charge in [0.25, 0.3) is 0 Å². The number of nitrogens with zero attached hydrogens (tertiary/aromatic N) is 7. The molecule has 2 aliphatic rings. The zero-order valence-electron chi connectivity index (χ0n) is 30.9. The van der Waals surface area contributed by atoms with Gasteiger partial charge in [-0.15, -0.1) is 0 Å². The predicted molar refractivity (Wildman–Crippen MR) is 211 cm³/mol. The minimum Gasteiger partial charge on any atom is -0.353 e. The molecule has 2 saturated heterocycles. The number of thiocarbonyl (C=S) groups is 2. The summed E-state index contributed by atoms with van der Waals surface area (Å²) in [5.74, 6) is 2.00.